The topological polar surface area (TPSA) is 72.7 Å². The fraction of sp³-hybridized carbons (Fsp3) is 0.0769. The van der Waals surface area contributed by atoms with Crippen LogP contribution in [-0.4, -0.2) is 25.7 Å². The molecule has 32 heavy (non-hydrogen) atoms. The second-order valence-corrected chi connectivity index (χ2v) is 7.46. The van der Waals surface area contributed by atoms with Gasteiger partial charge in [-0.3, -0.25) is 14.5 Å². The molecule has 0 bridgehead atoms. The third kappa shape index (κ3) is 4.11. The van der Waals surface area contributed by atoms with E-state index < -0.39 is 0 Å². The minimum atomic E-state index is -0.132. The molecule has 5 rings (SSSR count). The summed E-state index contributed by atoms with van der Waals surface area (Å²) in [6, 6.07) is 23.3. The van der Waals surface area contributed by atoms with Crippen molar-refractivity contribution in [1.29, 1.82) is 0 Å². The molecular weight excluding hydrogens is 398 g/mol. The Bertz CT molecular complexity index is 1360. The van der Waals surface area contributed by atoms with Gasteiger partial charge in [0.2, 0.25) is 0 Å². The second-order valence-electron chi connectivity index (χ2n) is 7.46. The zero-order chi connectivity index (χ0) is 21.8. The van der Waals surface area contributed by atoms with Crippen molar-refractivity contribution in [1.82, 2.24) is 25.1 Å². The lowest BCUT2D eigenvalue weighted by Gasteiger charge is -2.13. The maximum Gasteiger partial charge on any atom is 0.252 e. The van der Waals surface area contributed by atoms with E-state index in [4.69, 9.17) is 4.98 Å². The summed E-state index contributed by atoms with van der Waals surface area (Å²) in [4.78, 5) is 22.1. The van der Waals surface area contributed by atoms with E-state index in [1.165, 1.54) is 0 Å². The standard InChI is InChI=1S/C26H21N5O/c32-26(28-17-20-6-1-2-7-21(20)18-31-15-5-12-29-31)23-16-25(19-10-13-27-14-11-19)30-24-9-4-3-8-22(23)24/h1-16H,17-18H2,(H,28,32). The van der Waals surface area contributed by atoms with E-state index in [1.54, 1.807) is 18.6 Å². The molecular formula is C26H21N5O. The summed E-state index contributed by atoms with van der Waals surface area (Å²) < 4.78 is 1.87. The molecule has 2 aromatic carbocycles. The van der Waals surface area contributed by atoms with Crippen LogP contribution in [0.5, 0.6) is 0 Å². The molecule has 156 valence electrons. The number of carbonyl (C=O) groups excluding carboxylic acids is 1. The van der Waals surface area contributed by atoms with Crippen molar-refractivity contribution in [3.63, 3.8) is 0 Å². The van der Waals surface area contributed by atoms with Crippen molar-refractivity contribution >= 4 is 16.8 Å². The van der Waals surface area contributed by atoms with Gasteiger partial charge in [-0.05, 0) is 41.5 Å². The molecule has 1 amide bonds. The van der Waals surface area contributed by atoms with Gasteiger partial charge in [-0.1, -0.05) is 42.5 Å². The molecule has 5 aromatic rings. The van der Waals surface area contributed by atoms with Crippen LogP contribution in [0.3, 0.4) is 0 Å². The molecule has 0 fully saturated rings. The highest BCUT2D eigenvalue weighted by molar-refractivity contribution is 6.07. The number of amides is 1. The quantitative estimate of drug-likeness (QED) is 0.441. The number of benzene rings is 2. The van der Waals surface area contributed by atoms with Gasteiger partial charge in [-0.25, -0.2) is 4.98 Å². The first-order valence-electron chi connectivity index (χ1n) is 10.4. The van der Waals surface area contributed by atoms with Crippen molar-refractivity contribution in [2.75, 3.05) is 0 Å². The van der Waals surface area contributed by atoms with Crippen molar-refractivity contribution in [2.45, 2.75) is 13.1 Å². The summed E-state index contributed by atoms with van der Waals surface area (Å²) in [5.41, 5.74) is 5.23. The maximum absolute atomic E-state index is 13.3. The van der Waals surface area contributed by atoms with Gasteiger partial charge < -0.3 is 5.32 Å². The van der Waals surface area contributed by atoms with E-state index in [0.717, 1.165) is 33.3 Å². The zero-order valence-corrected chi connectivity index (χ0v) is 17.3. The fourth-order valence-corrected chi connectivity index (χ4v) is 3.76. The number of carbonyl (C=O) groups is 1. The van der Waals surface area contributed by atoms with Gasteiger partial charge in [0, 0.05) is 42.3 Å². The van der Waals surface area contributed by atoms with Crippen LogP contribution < -0.4 is 5.32 Å². The summed E-state index contributed by atoms with van der Waals surface area (Å²) in [5.74, 6) is -0.132. The number of aromatic nitrogens is 4. The normalized spacial score (nSPS) is 10.9. The summed E-state index contributed by atoms with van der Waals surface area (Å²) >= 11 is 0. The van der Waals surface area contributed by atoms with Gasteiger partial charge in [0.05, 0.1) is 23.3 Å². The summed E-state index contributed by atoms with van der Waals surface area (Å²) in [6.45, 7) is 1.08. The number of pyridine rings is 2. The van der Waals surface area contributed by atoms with E-state index in [0.29, 0.717) is 18.7 Å². The highest BCUT2D eigenvalue weighted by atomic mass is 16.1. The summed E-state index contributed by atoms with van der Waals surface area (Å²) in [7, 11) is 0. The monoisotopic (exact) mass is 419 g/mol. The highest BCUT2D eigenvalue weighted by Gasteiger charge is 2.14. The number of hydrogen-bond acceptors (Lipinski definition) is 4. The van der Waals surface area contributed by atoms with Gasteiger partial charge in [0.25, 0.3) is 5.91 Å². The molecule has 0 unspecified atom stereocenters. The zero-order valence-electron chi connectivity index (χ0n) is 17.3. The number of rotatable bonds is 6. The largest absolute Gasteiger partial charge is 0.348 e. The number of nitrogens with one attached hydrogen (secondary N) is 1. The lowest BCUT2D eigenvalue weighted by atomic mass is 10.0. The third-order valence-electron chi connectivity index (χ3n) is 5.39. The molecule has 0 atom stereocenters. The predicted molar refractivity (Wildman–Crippen MR) is 124 cm³/mol. The highest BCUT2D eigenvalue weighted by Crippen LogP contribution is 2.24. The molecule has 1 N–H and O–H groups in total. The van der Waals surface area contributed by atoms with Crippen molar-refractivity contribution < 1.29 is 4.79 Å². The minimum absolute atomic E-state index is 0.132. The van der Waals surface area contributed by atoms with Crippen LogP contribution in [0.1, 0.15) is 21.5 Å². The molecule has 0 saturated carbocycles. The molecule has 3 heterocycles. The molecule has 0 saturated heterocycles. The van der Waals surface area contributed by atoms with E-state index in [1.807, 2.05) is 77.6 Å². The Kier molecular flexibility index (Phi) is 5.41. The lowest BCUT2D eigenvalue weighted by molar-refractivity contribution is 0.0952. The molecule has 0 aliphatic rings. The predicted octanol–water partition coefficient (Wildman–Crippen LogP) is 4.47. The first kappa shape index (κ1) is 19.6. The van der Waals surface area contributed by atoms with Crippen molar-refractivity contribution in [3.8, 4) is 11.3 Å². The van der Waals surface area contributed by atoms with Crippen LogP contribution in [0.25, 0.3) is 22.2 Å². The molecule has 6 heteroatoms. The fourth-order valence-electron chi connectivity index (χ4n) is 3.76. The molecule has 6 nitrogen and oxygen atoms in total. The Balaban J connectivity index is 1.44. The SMILES string of the molecule is O=C(NCc1ccccc1Cn1cccn1)c1cc(-c2ccncc2)nc2ccccc12. The molecule has 0 spiro atoms. The number of nitrogens with zero attached hydrogens (tertiary/aromatic N) is 4. The molecule has 0 radical (unpaired) electrons. The maximum atomic E-state index is 13.3. The average Bonchev–Trinajstić information content (AvgIpc) is 3.36. The smallest absolute Gasteiger partial charge is 0.252 e. The van der Waals surface area contributed by atoms with Crippen molar-refractivity contribution in [2.24, 2.45) is 0 Å². The molecule has 0 aliphatic carbocycles. The second kappa shape index (κ2) is 8.81. The van der Waals surface area contributed by atoms with Crippen LogP contribution in [-0.2, 0) is 13.1 Å². The molecule has 3 aromatic heterocycles. The Hall–Kier alpha value is -4.32. The van der Waals surface area contributed by atoms with Gasteiger partial charge >= 0.3 is 0 Å². The first-order chi connectivity index (χ1) is 15.8. The minimum Gasteiger partial charge on any atom is -0.348 e. The van der Waals surface area contributed by atoms with E-state index in [2.05, 4.69) is 21.5 Å². The third-order valence-corrected chi connectivity index (χ3v) is 5.39. The Morgan fingerprint density at radius 3 is 2.47 bits per heavy atom. The van der Waals surface area contributed by atoms with Gasteiger partial charge in [0.15, 0.2) is 0 Å². The molecule has 0 aliphatic heterocycles. The number of para-hydroxylation sites is 1. The number of hydrogen-bond donors (Lipinski definition) is 1. The lowest BCUT2D eigenvalue weighted by Crippen LogP contribution is -2.24. The van der Waals surface area contributed by atoms with Crippen LogP contribution in [0.2, 0.25) is 0 Å². The number of fused-ring (bicyclic) bond motifs is 1. The van der Waals surface area contributed by atoms with Crippen molar-refractivity contribution in [3.05, 3.63) is 114 Å². The van der Waals surface area contributed by atoms with Crippen LogP contribution in [0, 0.1) is 0 Å². The van der Waals surface area contributed by atoms with Gasteiger partial charge in [-0.2, -0.15) is 5.10 Å². The van der Waals surface area contributed by atoms with Crippen LogP contribution in [0.4, 0.5) is 0 Å². The Labute approximate surface area is 185 Å². The summed E-state index contributed by atoms with van der Waals surface area (Å²) in [6.07, 6.45) is 7.14. The van der Waals surface area contributed by atoms with Gasteiger partial charge in [0.1, 0.15) is 0 Å². The Morgan fingerprint density at radius 2 is 1.66 bits per heavy atom. The first-order valence-corrected chi connectivity index (χ1v) is 10.4. The van der Waals surface area contributed by atoms with Gasteiger partial charge in [-0.15, -0.1) is 0 Å². The van der Waals surface area contributed by atoms with E-state index >= 15 is 0 Å². The summed E-state index contributed by atoms with van der Waals surface area (Å²) in [5, 5.41) is 8.21. The van der Waals surface area contributed by atoms with Crippen LogP contribution >= 0.6 is 0 Å². The average molecular weight is 419 g/mol. The van der Waals surface area contributed by atoms with Crippen LogP contribution in [0.15, 0.2) is 97.6 Å². The van der Waals surface area contributed by atoms with E-state index in [9.17, 15) is 4.79 Å². The Morgan fingerprint density at radius 1 is 0.875 bits per heavy atom. The van der Waals surface area contributed by atoms with E-state index in [-0.39, 0.29) is 5.91 Å².